The van der Waals surface area contributed by atoms with Gasteiger partial charge in [0.1, 0.15) is 0 Å². The number of benzene rings is 1. The molecular weight excluding hydrogens is 318 g/mol. The molecule has 1 aromatic carbocycles. The maximum atomic E-state index is 12.3. The molecule has 2 aromatic rings. The molecule has 0 N–H and O–H groups in total. The predicted molar refractivity (Wildman–Crippen MR) is 85.5 cm³/mol. The molecule has 0 atom stereocenters. The number of rotatable bonds is 5. The molecule has 0 fully saturated rings. The second-order valence-electron chi connectivity index (χ2n) is 4.90. The first-order valence-corrected chi connectivity index (χ1v) is 8.24. The Morgan fingerprint density at radius 2 is 1.83 bits per heavy atom. The Bertz CT molecular complexity index is 846. The SMILES string of the molecule is CC(C)S(=O)(=O)c1nc(N=[N+]=[N-])nc(N(C)c2ccccc2)n1. The fraction of sp³-hybridized carbons (Fsp3) is 0.308. The fourth-order valence-electron chi connectivity index (χ4n) is 1.68. The summed E-state index contributed by atoms with van der Waals surface area (Å²) >= 11 is 0. The summed E-state index contributed by atoms with van der Waals surface area (Å²) < 4.78 is 24.6. The number of azide groups is 1. The smallest absolute Gasteiger partial charge is 0.252 e. The first-order valence-electron chi connectivity index (χ1n) is 6.70. The average molecular weight is 333 g/mol. The summed E-state index contributed by atoms with van der Waals surface area (Å²) in [5, 5.41) is 2.18. The highest BCUT2D eigenvalue weighted by Crippen LogP contribution is 2.23. The van der Waals surface area contributed by atoms with Crippen molar-refractivity contribution in [3.63, 3.8) is 0 Å². The Morgan fingerprint density at radius 3 is 2.39 bits per heavy atom. The van der Waals surface area contributed by atoms with Crippen molar-refractivity contribution in [2.75, 3.05) is 11.9 Å². The van der Waals surface area contributed by atoms with Crippen LogP contribution in [0.1, 0.15) is 13.8 Å². The lowest BCUT2D eigenvalue weighted by Crippen LogP contribution is -2.20. The molecule has 0 spiro atoms. The van der Waals surface area contributed by atoms with E-state index in [1.165, 1.54) is 13.8 Å². The van der Waals surface area contributed by atoms with Gasteiger partial charge in [0.2, 0.25) is 21.7 Å². The molecule has 0 unspecified atom stereocenters. The van der Waals surface area contributed by atoms with Gasteiger partial charge in [-0.3, -0.25) is 0 Å². The molecular formula is C13H15N7O2S. The molecule has 0 saturated carbocycles. The van der Waals surface area contributed by atoms with Gasteiger partial charge in [-0.15, -0.1) is 0 Å². The molecule has 0 saturated heterocycles. The minimum atomic E-state index is -3.73. The topological polar surface area (TPSA) is 125 Å². The van der Waals surface area contributed by atoms with E-state index < -0.39 is 20.2 Å². The van der Waals surface area contributed by atoms with Gasteiger partial charge in [-0.2, -0.15) is 15.0 Å². The van der Waals surface area contributed by atoms with Crippen LogP contribution in [0.3, 0.4) is 0 Å². The third-order valence-electron chi connectivity index (χ3n) is 3.04. The molecule has 23 heavy (non-hydrogen) atoms. The van der Waals surface area contributed by atoms with Gasteiger partial charge in [0.05, 0.1) is 5.25 Å². The van der Waals surface area contributed by atoms with Crippen LogP contribution in [0.2, 0.25) is 0 Å². The van der Waals surface area contributed by atoms with Gasteiger partial charge in [-0.05, 0) is 36.6 Å². The summed E-state index contributed by atoms with van der Waals surface area (Å²) in [6, 6.07) is 9.13. The van der Waals surface area contributed by atoms with Crippen LogP contribution in [0.15, 0.2) is 40.6 Å². The van der Waals surface area contributed by atoms with Gasteiger partial charge >= 0.3 is 0 Å². The van der Waals surface area contributed by atoms with E-state index in [4.69, 9.17) is 5.53 Å². The van der Waals surface area contributed by atoms with Gasteiger partial charge in [-0.25, -0.2) is 8.42 Å². The van der Waals surface area contributed by atoms with Gasteiger partial charge in [0.15, 0.2) is 0 Å². The van der Waals surface area contributed by atoms with Crippen LogP contribution in [0.5, 0.6) is 0 Å². The monoisotopic (exact) mass is 333 g/mol. The van der Waals surface area contributed by atoms with Crippen LogP contribution in [0.25, 0.3) is 10.4 Å². The zero-order valence-corrected chi connectivity index (χ0v) is 13.6. The van der Waals surface area contributed by atoms with Gasteiger partial charge in [0, 0.05) is 17.6 Å². The molecule has 0 radical (unpaired) electrons. The quantitative estimate of drug-likeness (QED) is 0.470. The minimum absolute atomic E-state index is 0.0767. The highest BCUT2D eigenvalue weighted by Gasteiger charge is 2.25. The van der Waals surface area contributed by atoms with Crippen LogP contribution in [0, 0.1) is 0 Å². The highest BCUT2D eigenvalue weighted by atomic mass is 32.2. The number of hydrogen-bond donors (Lipinski definition) is 0. The first-order chi connectivity index (χ1) is 10.9. The number of anilines is 2. The average Bonchev–Trinajstić information content (AvgIpc) is 2.54. The number of para-hydroxylation sites is 1. The van der Waals surface area contributed by atoms with Crippen molar-refractivity contribution >= 4 is 27.4 Å². The molecule has 2 rings (SSSR count). The van der Waals surface area contributed by atoms with Crippen molar-refractivity contribution in [3.05, 3.63) is 40.8 Å². The lowest BCUT2D eigenvalue weighted by Gasteiger charge is -2.18. The molecule has 120 valence electrons. The van der Waals surface area contributed by atoms with E-state index in [-0.39, 0.29) is 11.9 Å². The molecule has 9 nitrogen and oxygen atoms in total. The van der Waals surface area contributed by atoms with Crippen molar-refractivity contribution in [3.8, 4) is 0 Å². The van der Waals surface area contributed by atoms with Crippen molar-refractivity contribution in [2.45, 2.75) is 24.3 Å². The number of aromatic nitrogens is 3. The molecule has 0 aliphatic carbocycles. The van der Waals surface area contributed by atoms with E-state index >= 15 is 0 Å². The third-order valence-corrected chi connectivity index (χ3v) is 4.98. The van der Waals surface area contributed by atoms with E-state index in [0.717, 1.165) is 5.69 Å². The molecule has 10 heteroatoms. The summed E-state index contributed by atoms with van der Waals surface area (Å²) in [7, 11) is -2.05. The summed E-state index contributed by atoms with van der Waals surface area (Å²) in [5.41, 5.74) is 9.31. The normalized spacial score (nSPS) is 11.1. The zero-order chi connectivity index (χ0) is 17.0. The highest BCUT2D eigenvalue weighted by molar-refractivity contribution is 7.91. The summed E-state index contributed by atoms with van der Waals surface area (Å²) in [4.78, 5) is 15.9. The Labute approximate surface area is 133 Å². The van der Waals surface area contributed by atoms with Crippen LogP contribution in [-0.2, 0) is 9.84 Å². The van der Waals surface area contributed by atoms with Crippen LogP contribution < -0.4 is 4.90 Å². The number of nitrogens with zero attached hydrogens (tertiary/aromatic N) is 7. The maximum Gasteiger partial charge on any atom is 0.252 e. The van der Waals surface area contributed by atoms with Crippen LogP contribution in [0.4, 0.5) is 17.6 Å². The van der Waals surface area contributed by atoms with E-state index in [0.29, 0.717) is 0 Å². The molecule has 1 aromatic heterocycles. The fourth-order valence-corrected chi connectivity index (χ4v) is 2.51. The van der Waals surface area contributed by atoms with E-state index in [1.807, 2.05) is 30.3 Å². The van der Waals surface area contributed by atoms with Crippen LogP contribution in [-0.4, -0.2) is 35.7 Å². The lowest BCUT2D eigenvalue weighted by atomic mass is 10.3. The van der Waals surface area contributed by atoms with E-state index in [1.54, 1.807) is 11.9 Å². The minimum Gasteiger partial charge on any atom is -0.313 e. The van der Waals surface area contributed by atoms with Gasteiger partial charge in [-0.1, -0.05) is 18.2 Å². The lowest BCUT2D eigenvalue weighted by molar-refractivity contribution is 0.577. The predicted octanol–water partition coefficient (Wildman–Crippen LogP) is 2.76. The van der Waals surface area contributed by atoms with E-state index in [9.17, 15) is 8.42 Å². The largest absolute Gasteiger partial charge is 0.313 e. The first kappa shape index (κ1) is 16.7. The number of sulfone groups is 1. The maximum absolute atomic E-state index is 12.3. The van der Waals surface area contributed by atoms with E-state index in [2.05, 4.69) is 25.0 Å². The second-order valence-corrected chi connectivity index (χ2v) is 7.29. The Hall–Kier alpha value is -2.71. The van der Waals surface area contributed by atoms with Gasteiger partial charge in [0.25, 0.3) is 5.16 Å². The van der Waals surface area contributed by atoms with Crippen LogP contribution >= 0.6 is 0 Å². The third kappa shape index (κ3) is 3.55. The summed E-state index contributed by atoms with van der Waals surface area (Å²) in [6.07, 6.45) is 0. The second kappa shape index (κ2) is 6.59. The van der Waals surface area contributed by atoms with Crippen molar-refractivity contribution in [1.82, 2.24) is 15.0 Å². The molecule has 0 amide bonds. The summed E-state index contributed by atoms with van der Waals surface area (Å²) in [5.74, 6) is -0.215. The molecule has 0 bridgehead atoms. The summed E-state index contributed by atoms with van der Waals surface area (Å²) in [6.45, 7) is 3.04. The van der Waals surface area contributed by atoms with Crippen molar-refractivity contribution in [2.24, 2.45) is 5.11 Å². The number of hydrogen-bond acceptors (Lipinski definition) is 7. The Balaban J connectivity index is 2.60. The molecule has 0 aliphatic heterocycles. The Kier molecular flexibility index (Phi) is 4.77. The molecule has 0 aliphatic rings. The Morgan fingerprint density at radius 1 is 1.17 bits per heavy atom. The standard InChI is InChI=1S/C13H15N7O2S/c1-9(2)23(21,22)13-16-11(18-19-14)15-12(17-13)20(3)10-7-5-4-6-8-10/h4-9H,1-3H3. The van der Waals surface area contributed by atoms with Gasteiger partial charge < -0.3 is 4.90 Å². The zero-order valence-electron chi connectivity index (χ0n) is 12.8. The molecule has 1 heterocycles. The van der Waals surface area contributed by atoms with Crippen molar-refractivity contribution < 1.29 is 8.42 Å². The van der Waals surface area contributed by atoms with Crippen molar-refractivity contribution in [1.29, 1.82) is 0 Å².